The molecular formula is C14H11ClN2O4S. The van der Waals surface area contributed by atoms with Crippen LogP contribution in [0.15, 0.2) is 28.1 Å². The zero-order chi connectivity index (χ0) is 16.3. The Morgan fingerprint density at radius 1 is 1.36 bits per heavy atom. The van der Waals surface area contributed by atoms with Crippen LogP contribution in [0, 0.1) is 0 Å². The summed E-state index contributed by atoms with van der Waals surface area (Å²) < 4.78 is 5.07. The second-order valence-corrected chi connectivity index (χ2v) is 5.76. The van der Waals surface area contributed by atoms with E-state index in [2.05, 4.69) is 10.3 Å². The molecule has 2 rings (SSSR count). The maximum absolute atomic E-state index is 11.8. The first-order valence-corrected chi connectivity index (χ1v) is 7.32. The molecule has 0 bridgehead atoms. The molecule has 1 heterocycles. The number of amidine groups is 1. The highest BCUT2D eigenvalue weighted by Crippen LogP contribution is 2.31. The van der Waals surface area contributed by atoms with Crippen molar-refractivity contribution in [3.63, 3.8) is 0 Å². The summed E-state index contributed by atoms with van der Waals surface area (Å²) in [5.41, 5.74) is 0.470. The fraction of sp³-hybridized carbons (Fsp3) is 0.143. The van der Waals surface area contributed by atoms with Crippen LogP contribution in [-0.4, -0.2) is 23.0 Å². The molecule has 114 valence electrons. The molecule has 8 heteroatoms. The Balaban J connectivity index is 2.30. The van der Waals surface area contributed by atoms with Crippen molar-refractivity contribution >= 4 is 52.4 Å². The van der Waals surface area contributed by atoms with Crippen molar-refractivity contribution in [1.82, 2.24) is 5.32 Å². The lowest BCUT2D eigenvalue weighted by molar-refractivity contribution is -0.132. The fourth-order valence-electron chi connectivity index (χ4n) is 1.63. The van der Waals surface area contributed by atoms with Crippen LogP contribution in [0.1, 0.15) is 19.4 Å². The number of carbonyl (C=O) groups excluding carboxylic acids is 3. The predicted molar refractivity (Wildman–Crippen MR) is 84.6 cm³/mol. The molecular weight excluding hydrogens is 328 g/mol. The summed E-state index contributed by atoms with van der Waals surface area (Å²) in [6.07, 6.45) is 1.51. The molecule has 0 aliphatic carbocycles. The van der Waals surface area contributed by atoms with Gasteiger partial charge in [-0.05, 0) is 36.0 Å². The number of nitrogens with zero attached hydrogens (tertiary/aromatic N) is 1. The summed E-state index contributed by atoms with van der Waals surface area (Å²) >= 11 is 6.95. The van der Waals surface area contributed by atoms with Gasteiger partial charge in [0.25, 0.3) is 5.91 Å². The first kappa shape index (κ1) is 16.3. The minimum absolute atomic E-state index is 0.208. The van der Waals surface area contributed by atoms with E-state index < -0.39 is 11.9 Å². The molecule has 0 saturated carbocycles. The fourth-order valence-corrected chi connectivity index (χ4v) is 2.67. The monoisotopic (exact) mass is 338 g/mol. The lowest BCUT2D eigenvalue weighted by atomic mass is 10.2. The summed E-state index contributed by atoms with van der Waals surface area (Å²) in [7, 11) is 0. The Bertz CT molecular complexity index is 728. The molecule has 1 aliphatic rings. The van der Waals surface area contributed by atoms with Gasteiger partial charge in [-0.3, -0.25) is 14.4 Å². The number of ether oxygens (including phenoxy) is 1. The van der Waals surface area contributed by atoms with Gasteiger partial charge in [0, 0.05) is 24.4 Å². The largest absolute Gasteiger partial charge is 0.426 e. The Morgan fingerprint density at radius 2 is 2.09 bits per heavy atom. The Kier molecular flexibility index (Phi) is 4.99. The van der Waals surface area contributed by atoms with Crippen LogP contribution in [0.3, 0.4) is 0 Å². The third-order valence-corrected chi connectivity index (χ3v) is 3.55. The molecule has 0 saturated heterocycles. The summed E-state index contributed by atoms with van der Waals surface area (Å²) in [6.45, 7) is 2.60. The molecule has 1 N–H and O–H groups in total. The van der Waals surface area contributed by atoms with Crippen molar-refractivity contribution in [3.05, 3.63) is 33.7 Å². The average molecular weight is 339 g/mol. The number of halogens is 1. The lowest BCUT2D eigenvalue weighted by Gasteiger charge is -2.06. The van der Waals surface area contributed by atoms with Gasteiger partial charge in [-0.1, -0.05) is 11.6 Å². The van der Waals surface area contributed by atoms with Crippen molar-refractivity contribution in [2.45, 2.75) is 13.8 Å². The van der Waals surface area contributed by atoms with Crippen LogP contribution >= 0.6 is 23.4 Å². The van der Waals surface area contributed by atoms with E-state index in [0.717, 1.165) is 11.8 Å². The van der Waals surface area contributed by atoms with Crippen LogP contribution in [0.2, 0.25) is 5.02 Å². The molecule has 0 aromatic heterocycles. The molecule has 0 atom stereocenters. The summed E-state index contributed by atoms with van der Waals surface area (Å²) in [5.74, 6) is -1.00. The van der Waals surface area contributed by atoms with E-state index in [1.54, 1.807) is 12.1 Å². The van der Waals surface area contributed by atoms with E-state index in [9.17, 15) is 14.4 Å². The summed E-state index contributed by atoms with van der Waals surface area (Å²) in [4.78, 5) is 37.9. The van der Waals surface area contributed by atoms with Crippen LogP contribution in [0.4, 0.5) is 0 Å². The molecule has 0 fully saturated rings. The van der Waals surface area contributed by atoms with Crippen LogP contribution in [0.25, 0.3) is 6.08 Å². The van der Waals surface area contributed by atoms with Crippen molar-refractivity contribution in [3.8, 4) is 5.75 Å². The number of aliphatic imine (C=N–C) groups is 1. The normalized spacial score (nSPS) is 15.7. The third-order valence-electron chi connectivity index (χ3n) is 2.42. The molecule has 1 aromatic rings. The van der Waals surface area contributed by atoms with Crippen LogP contribution in [0.5, 0.6) is 5.75 Å². The van der Waals surface area contributed by atoms with E-state index >= 15 is 0 Å². The molecule has 1 aromatic carbocycles. The first-order chi connectivity index (χ1) is 10.3. The van der Waals surface area contributed by atoms with Gasteiger partial charge in [-0.25, -0.2) is 0 Å². The van der Waals surface area contributed by atoms with E-state index in [4.69, 9.17) is 16.3 Å². The van der Waals surface area contributed by atoms with E-state index in [-0.39, 0.29) is 16.8 Å². The number of esters is 1. The van der Waals surface area contributed by atoms with Gasteiger partial charge in [-0.2, -0.15) is 4.99 Å². The van der Waals surface area contributed by atoms with Crippen molar-refractivity contribution in [1.29, 1.82) is 0 Å². The number of thioether (sulfide) groups is 1. The van der Waals surface area contributed by atoms with Gasteiger partial charge in [0.1, 0.15) is 5.75 Å². The van der Waals surface area contributed by atoms with Gasteiger partial charge in [0.2, 0.25) is 5.91 Å². The first-order valence-electron chi connectivity index (χ1n) is 6.13. The number of nitrogens with one attached hydrogen (secondary N) is 1. The maximum atomic E-state index is 11.8. The highest BCUT2D eigenvalue weighted by molar-refractivity contribution is 8.18. The van der Waals surface area contributed by atoms with Gasteiger partial charge in [-0.15, -0.1) is 0 Å². The highest BCUT2D eigenvalue weighted by Gasteiger charge is 2.23. The molecule has 0 unspecified atom stereocenters. The van der Waals surface area contributed by atoms with Gasteiger partial charge in [0.15, 0.2) is 5.17 Å². The van der Waals surface area contributed by atoms with E-state index in [1.165, 1.54) is 26.0 Å². The Morgan fingerprint density at radius 3 is 2.73 bits per heavy atom. The highest BCUT2D eigenvalue weighted by atomic mass is 35.5. The maximum Gasteiger partial charge on any atom is 0.308 e. The van der Waals surface area contributed by atoms with Gasteiger partial charge >= 0.3 is 5.97 Å². The van der Waals surface area contributed by atoms with Crippen molar-refractivity contribution in [2.24, 2.45) is 4.99 Å². The molecule has 22 heavy (non-hydrogen) atoms. The van der Waals surface area contributed by atoms with Gasteiger partial charge in [0.05, 0.1) is 4.91 Å². The number of hydrogen-bond donors (Lipinski definition) is 1. The molecule has 0 radical (unpaired) electrons. The number of amides is 2. The molecule has 0 spiro atoms. The van der Waals surface area contributed by atoms with Crippen LogP contribution in [-0.2, 0) is 14.4 Å². The molecule has 1 aliphatic heterocycles. The van der Waals surface area contributed by atoms with E-state index in [1.807, 2.05) is 0 Å². The summed E-state index contributed by atoms with van der Waals surface area (Å²) in [6, 6.07) is 4.68. The summed E-state index contributed by atoms with van der Waals surface area (Å²) in [5, 5.41) is 3.09. The van der Waals surface area contributed by atoms with E-state index in [0.29, 0.717) is 15.5 Å². The number of carbonyl (C=O) groups is 3. The minimum atomic E-state index is -0.484. The van der Waals surface area contributed by atoms with Gasteiger partial charge < -0.3 is 10.1 Å². The zero-order valence-corrected chi connectivity index (χ0v) is 13.2. The third kappa shape index (κ3) is 4.19. The number of benzene rings is 1. The quantitative estimate of drug-likeness (QED) is 0.508. The zero-order valence-electron chi connectivity index (χ0n) is 11.7. The minimum Gasteiger partial charge on any atom is -0.426 e. The van der Waals surface area contributed by atoms with Crippen molar-refractivity contribution in [2.75, 3.05) is 0 Å². The standard InChI is InChI=1S/C14H11ClN2O4S/c1-7(18)16-14-17-13(20)12(22-14)6-9-5-10(15)3-4-11(9)21-8(2)19/h3-6H,1-2H3,(H,16,17,18,20)/b12-6-. The smallest absolute Gasteiger partial charge is 0.308 e. The molecule has 2 amide bonds. The second-order valence-electron chi connectivity index (χ2n) is 4.29. The number of rotatable bonds is 2. The Labute approximate surface area is 135 Å². The Hall–Kier alpha value is -2.12. The lowest BCUT2D eigenvalue weighted by Crippen LogP contribution is -2.23. The second kappa shape index (κ2) is 6.76. The predicted octanol–water partition coefficient (Wildman–Crippen LogP) is 2.37. The topological polar surface area (TPSA) is 84.8 Å². The van der Waals surface area contributed by atoms with Crippen LogP contribution < -0.4 is 10.1 Å². The SMILES string of the molecule is CC(=O)NC1=NC(=O)/C(=C/c2cc(Cl)ccc2OC(C)=O)S1. The number of hydrogen-bond acceptors (Lipinski definition) is 5. The molecule has 6 nitrogen and oxygen atoms in total. The van der Waals surface area contributed by atoms with Crippen molar-refractivity contribution < 1.29 is 19.1 Å². The average Bonchev–Trinajstić information content (AvgIpc) is 2.71.